The Morgan fingerprint density at radius 2 is 1.87 bits per heavy atom. The van der Waals surface area contributed by atoms with Crippen molar-refractivity contribution in [1.29, 1.82) is 0 Å². The van der Waals surface area contributed by atoms with Crippen LogP contribution in [0.3, 0.4) is 0 Å². The lowest BCUT2D eigenvalue weighted by molar-refractivity contribution is 0.213. The minimum Gasteiger partial charge on any atom is -0.508 e. The molecule has 0 spiro atoms. The molecule has 1 fully saturated rings. The van der Waals surface area contributed by atoms with E-state index in [2.05, 4.69) is 19.6 Å². The summed E-state index contributed by atoms with van der Waals surface area (Å²) < 4.78 is 0. The predicted octanol–water partition coefficient (Wildman–Crippen LogP) is 5.71. The van der Waals surface area contributed by atoms with Crippen molar-refractivity contribution in [3.63, 3.8) is 0 Å². The summed E-state index contributed by atoms with van der Waals surface area (Å²) in [5, 5.41) is 11.0. The summed E-state index contributed by atoms with van der Waals surface area (Å²) in [6, 6.07) is 16.8. The third-order valence-corrected chi connectivity index (χ3v) is 5.84. The highest BCUT2D eigenvalue weighted by atomic mass is 35.5. The van der Waals surface area contributed by atoms with E-state index in [4.69, 9.17) is 29.8 Å². The Morgan fingerprint density at radius 1 is 1.07 bits per heavy atom. The van der Waals surface area contributed by atoms with Crippen LogP contribution in [-0.4, -0.2) is 34.6 Å². The molecule has 0 amide bonds. The zero-order valence-corrected chi connectivity index (χ0v) is 17.7. The van der Waals surface area contributed by atoms with Gasteiger partial charge in [0, 0.05) is 43.5 Å². The van der Waals surface area contributed by atoms with E-state index in [1.54, 1.807) is 24.4 Å². The molecule has 1 aliphatic heterocycles. The van der Waals surface area contributed by atoms with Crippen LogP contribution in [0.2, 0.25) is 10.0 Å². The number of nitrogens with zero attached hydrogens (tertiary/aromatic N) is 4. The monoisotopic (exact) mass is 438 g/mol. The molecule has 2 aromatic carbocycles. The lowest BCUT2D eigenvalue weighted by atomic mass is 10.0. The van der Waals surface area contributed by atoms with Crippen LogP contribution in [0.25, 0.3) is 4.85 Å². The molecule has 0 unspecified atom stereocenters. The van der Waals surface area contributed by atoms with Crippen LogP contribution < -0.4 is 4.90 Å². The summed E-state index contributed by atoms with van der Waals surface area (Å²) in [5.41, 5.74) is 3.52. The number of anilines is 1. The molecule has 152 valence electrons. The zero-order valence-electron chi connectivity index (χ0n) is 16.2. The summed E-state index contributed by atoms with van der Waals surface area (Å²) in [6.07, 6.45) is 1.62. The minimum atomic E-state index is 0.0700. The molecule has 1 aromatic heterocycles. The van der Waals surface area contributed by atoms with Crippen LogP contribution in [0, 0.1) is 6.57 Å². The first-order valence-corrected chi connectivity index (χ1v) is 10.3. The van der Waals surface area contributed by atoms with Gasteiger partial charge in [-0.2, -0.15) is 0 Å². The van der Waals surface area contributed by atoms with Crippen LogP contribution >= 0.6 is 23.2 Å². The number of rotatable bonds is 4. The van der Waals surface area contributed by atoms with Gasteiger partial charge in [0.05, 0.1) is 29.0 Å². The van der Waals surface area contributed by atoms with Gasteiger partial charge >= 0.3 is 0 Å². The normalized spacial score (nSPS) is 17.0. The molecule has 0 radical (unpaired) electrons. The highest BCUT2D eigenvalue weighted by molar-refractivity contribution is 6.33. The van der Waals surface area contributed by atoms with E-state index in [0.29, 0.717) is 22.3 Å². The molecule has 3 aromatic rings. The van der Waals surface area contributed by atoms with Crippen molar-refractivity contribution in [3.8, 4) is 5.75 Å². The lowest BCUT2D eigenvalue weighted by Gasteiger charge is -2.43. The summed E-state index contributed by atoms with van der Waals surface area (Å²) in [6.45, 7) is 10.2. The molecular formula is C23H20Cl2N4O. The molecule has 0 saturated carbocycles. The maximum Gasteiger partial charge on any atom is 0.205 e. The first-order valence-electron chi connectivity index (χ1n) is 9.59. The number of aromatic nitrogens is 1. The number of phenolic OH excluding ortho intramolecular Hbond substituents is 1. The SMILES string of the molecule is [C-]#[N+]c1ccc(CN2CCN(c3ccc(O)cc3Cl)[C@H](c3ccc(Cl)cc3)C2)nc1. The number of pyridine rings is 1. The zero-order chi connectivity index (χ0) is 21.1. The van der Waals surface area contributed by atoms with Crippen molar-refractivity contribution in [2.24, 2.45) is 0 Å². The van der Waals surface area contributed by atoms with Crippen molar-refractivity contribution >= 4 is 34.6 Å². The number of aromatic hydroxyl groups is 1. The average molecular weight is 439 g/mol. The Kier molecular flexibility index (Phi) is 6.10. The van der Waals surface area contributed by atoms with Gasteiger partial charge in [0.1, 0.15) is 5.75 Å². The number of benzene rings is 2. The van der Waals surface area contributed by atoms with Crippen molar-refractivity contribution in [3.05, 3.63) is 93.5 Å². The van der Waals surface area contributed by atoms with Crippen molar-refractivity contribution in [1.82, 2.24) is 9.88 Å². The fourth-order valence-corrected chi connectivity index (χ4v) is 4.19. The third-order valence-electron chi connectivity index (χ3n) is 5.28. The Morgan fingerprint density at radius 3 is 2.53 bits per heavy atom. The van der Waals surface area contributed by atoms with E-state index in [1.165, 1.54) is 0 Å². The molecule has 2 heterocycles. The molecule has 1 aliphatic rings. The Bertz CT molecular complexity index is 1060. The smallest absolute Gasteiger partial charge is 0.205 e. The van der Waals surface area contributed by atoms with Gasteiger partial charge in [-0.05, 0) is 35.9 Å². The fourth-order valence-electron chi connectivity index (χ4n) is 3.78. The molecule has 5 nitrogen and oxygen atoms in total. The van der Waals surface area contributed by atoms with Crippen molar-refractivity contribution < 1.29 is 5.11 Å². The van der Waals surface area contributed by atoms with Crippen LogP contribution in [-0.2, 0) is 6.54 Å². The van der Waals surface area contributed by atoms with Gasteiger partial charge in [-0.15, -0.1) is 0 Å². The fraction of sp³-hybridized carbons (Fsp3) is 0.217. The average Bonchev–Trinajstić information content (AvgIpc) is 2.75. The van der Waals surface area contributed by atoms with E-state index in [1.807, 2.05) is 36.4 Å². The lowest BCUT2D eigenvalue weighted by Crippen LogP contribution is -2.48. The maximum atomic E-state index is 9.74. The van der Waals surface area contributed by atoms with Crippen LogP contribution in [0.1, 0.15) is 17.3 Å². The van der Waals surface area contributed by atoms with Gasteiger partial charge in [-0.3, -0.25) is 9.88 Å². The van der Waals surface area contributed by atoms with Gasteiger partial charge in [-0.1, -0.05) is 41.4 Å². The van der Waals surface area contributed by atoms with Gasteiger partial charge in [0.25, 0.3) is 0 Å². The first kappa shape index (κ1) is 20.5. The molecular weight excluding hydrogens is 419 g/mol. The Labute approximate surface area is 185 Å². The molecule has 1 atom stereocenters. The molecule has 1 N–H and O–H groups in total. The summed E-state index contributed by atoms with van der Waals surface area (Å²) >= 11 is 12.6. The molecule has 1 saturated heterocycles. The largest absolute Gasteiger partial charge is 0.508 e. The van der Waals surface area contributed by atoms with Crippen LogP contribution in [0.5, 0.6) is 5.75 Å². The first-order chi connectivity index (χ1) is 14.5. The maximum absolute atomic E-state index is 9.74. The number of phenols is 1. The van der Waals surface area contributed by atoms with E-state index in [9.17, 15) is 5.11 Å². The standard InChI is InChI=1S/C23H20Cl2N4O/c1-26-18-6-7-19(27-13-18)14-28-10-11-29(22-9-8-20(30)12-21(22)25)23(15-28)16-2-4-17(24)5-3-16/h2-9,12-13,23,30H,10-11,14-15H2/t23-/m0/s1. The Hall–Kier alpha value is -2.78. The van der Waals surface area contributed by atoms with Gasteiger partial charge in [0.2, 0.25) is 5.69 Å². The van der Waals surface area contributed by atoms with Gasteiger partial charge in [0.15, 0.2) is 0 Å². The molecule has 0 bridgehead atoms. The van der Waals surface area contributed by atoms with Crippen LogP contribution in [0.4, 0.5) is 11.4 Å². The molecule has 7 heteroatoms. The van der Waals surface area contributed by atoms with Gasteiger partial charge in [-0.25, -0.2) is 4.85 Å². The summed E-state index contributed by atoms with van der Waals surface area (Å²) in [5.74, 6) is 0.152. The van der Waals surface area contributed by atoms with E-state index >= 15 is 0 Å². The van der Waals surface area contributed by atoms with E-state index < -0.39 is 0 Å². The second-order valence-corrected chi connectivity index (χ2v) is 8.09. The second-order valence-electron chi connectivity index (χ2n) is 7.25. The highest BCUT2D eigenvalue weighted by Gasteiger charge is 2.30. The van der Waals surface area contributed by atoms with Crippen LogP contribution in [0.15, 0.2) is 60.8 Å². The number of hydrogen-bond donors (Lipinski definition) is 1. The quantitative estimate of drug-likeness (QED) is 0.529. The van der Waals surface area contributed by atoms with Gasteiger partial charge < -0.3 is 10.0 Å². The molecule has 30 heavy (non-hydrogen) atoms. The number of halogens is 2. The summed E-state index contributed by atoms with van der Waals surface area (Å²) in [7, 11) is 0. The molecule has 4 rings (SSSR count). The van der Waals surface area contributed by atoms with Crippen molar-refractivity contribution in [2.75, 3.05) is 24.5 Å². The Balaban J connectivity index is 1.60. The third kappa shape index (κ3) is 4.52. The number of hydrogen-bond acceptors (Lipinski definition) is 4. The van der Waals surface area contributed by atoms with E-state index in [-0.39, 0.29) is 11.8 Å². The molecule has 0 aliphatic carbocycles. The predicted molar refractivity (Wildman–Crippen MR) is 120 cm³/mol. The summed E-state index contributed by atoms with van der Waals surface area (Å²) in [4.78, 5) is 12.4. The topological polar surface area (TPSA) is 44.0 Å². The highest BCUT2D eigenvalue weighted by Crippen LogP contribution is 2.37. The van der Waals surface area contributed by atoms with Crippen molar-refractivity contribution in [2.45, 2.75) is 12.6 Å². The minimum absolute atomic E-state index is 0.0700. The second kappa shape index (κ2) is 8.93. The van der Waals surface area contributed by atoms with E-state index in [0.717, 1.165) is 36.6 Å². The number of piperazine rings is 1.